The highest BCUT2D eigenvalue weighted by Gasteiger charge is 2.10. The second-order valence-electron chi connectivity index (χ2n) is 6.37. The van der Waals surface area contributed by atoms with E-state index in [9.17, 15) is 9.18 Å². The van der Waals surface area contributed by atoms with E-state index in [0.29, 0.717) is 11.4 Å². The van der Waals surface area contributed by atoms with Gasteiger partial charge in [-0.2, -0.15) is 5.10 Å². The van der Waals surface area contributed by atoms with E-state index in [-0.39, 0.29) is 5.56 Å². The molecule has 2 aromatic heterocycles. The molecule has 2 heterocycles. The fraction of sp³-hybridized carbons (Fsp3) is 0.143. The van der Waals surface area contributed by atoms with Crippen molar-refractivity contribution in [3.63, 3.8) is 0 Å². The molecule has 6 heteroatoms. The minimum absolute atomic E-state index is 0.127. The number of nitrogens with zero attached hydrogens (tertiary/aromatic N) is 3. The molecule has 0 atom stereocenters. The first-order chi connectivity index (χ1) is 13.1. The second kappa shape index (κ2) is 6.72. The maximum absolute atomic E-state index is 12.5. The van der Waals surface area contributed by atoms with Crippen LogP contribution in [0.15, 0.2) is 65.7 Å². The van der Waals surface area contributed by atoms with Crippen molar-refractivity contribution in [2.45, 2.75) is 6.92 Å². The normalized spacial score (nSPS) is 11.1. The van der Waals surface area contributed by atoms with Gasteiger partial charge in [-0.25, -0.2) is 4.39 Å². The van der Waals surface area contributed by atoms with Gasteiger partial charge in [-0.05, 0) is 54.4 Å². The van der Waals surface area contributed by atoms with Gasteiger partial charge in [0.25, 0.3) is 5.56 Å². The zero-order chi connectivity index (χ0) is 19.0. The molecule has 0 amide bonds. The van der Waals surface area contributed by atoms with Crippen molar-refractivity contribution in [2.75, 3.05) is 6.86 Å². The number of hydrogen-bond acceptors (Lipinski definition) is 3. The van der Waals surface area contributed by atoms with E-state index in [1.165, 1.54) is 0 Å². The van der Waals surface area contributed by atoms with Crippen LogP contribution in [0.5, 0.6) is 5.75 Å². The topological polar surface area (TPSA) is 49.1 Å². The molecule has 0 aliphatic carbocycles. The average molecular weight is 363 g/mol. The molecular formula is C21H18FN3O2. The molecule has 0 aliphatic rings. The summed E-state index contributed by atoms with van der Waals surface area (Å²) in [6, 6.07) is 14.5. The van der Waals surface area contributed by atoms with Crippen LogP contribution in [0.25, 0.3) is 27.7 Å². The largest absolute Gasteiger partial charge is 0.463 e. The first-order valence-corrected chi connectivity index (χ1v) is 8.51. The maximum Gasteiger partial charge on any atom is 0.255 e. The lowest BCUT2D eigenvalue weighted by atomic mass is 10.0. The molecular weight excluding hydrogens is 345 g/mol. The van der Waals surface area contributed by atoms with Crippen molar-refractivity contribution in [3.8, 4) is 22.6 Å². The lowest BCUT2D eigenvalue weighted by molar-refractivity contribution is 0.192. The fourth-order valence-corrected chi connectivity index (χ4v) is 3.23. The van der Waals surface area contributed by atoms with Gasteiger partial charge in [0.1, 0.15) is 5.75 Å². The predicted molar refractivity (Wildman–Crippen MR) is 103 cm³/mol. The number of alkyl halides is 1. The lowest BCUT2D eigenvalue weighted by Gasteiger charge is -2.12. The van der Waals surface area contributed by atoms with E-state index >= 15 is 0 Å². The summed E-state index contributed by atoms with van der Waals surface area (Å²) in [5.74, 6) is 0.420. The number of pyridine rings is 1. The highest BCUT2D eigenvalue weighted by Crippen LogP contribution is 2.27. The Morgan fingerprint density at radius 2 is 1.89 bits per heavy atom. The van der Waals surface area contributed by atoms with Crippen LogP contribution >= 0.6 is 0 Å². The second-order valence-corrected chi connectivity index (χ2v) is 6.37. The van der Waals surface area contributed by atoms with Gasteiger partial charge in [0.15, 0.2) is 0 Å². The van der Waals surface area contributed by atoms with E-state index in [4.69, 9.17) is 4.74 Å². The summed E-state index contributed by atoms with van der Waals surface area (Å²) in [6.07, 6.45) is 3.66. The van der Waals surface area contributed by atoms with E-state index in [2.05, 4.69) is 11.2 Å². The molecule has 0 aliphatic heterocycles. The van der Waals surface area contributed by atoms with Crippen molar-refractivity contribution in [2.24, 2.45) is 7.05 Å². The Balaban J connectivity index is 1.81. The molecule has 0 saturated heterocycles. The molecule has 5 nitrogen and oxygen atoms in total. The smallest absolute Gasteiger partial charge is 0.255 e. The minimum atomic E-state index is -0.884. The SMILES string of the molecule is Cc1cc(=O)n(-c2ccc(OCF)cc2)cc1-c1ccc2c(cnn2C)c1. The monoisotopic (exact) mass is 363 g/mol. The first kappa shape index (κ1) is 17.0. The Morgan fingerprint density at radius 1 is 1.11 bits per heavy atom. The van der Waals surface area contributed by atoms with Crippen molar-refractivity contribution < 1.29 is 9.13 Å². The Morgan fingerprint density at radius 3 is 2.63 bits per heavy atom. The van der Waals surface area contributed by atoms with Crippen LogP contribution in [0.4, 0.5) is 4.39 Å². The molecule has 27 heavy (non-hydrogen) atoms. The van der Waals surface area contributed by atoms with Crippen molar-refractivity contribution in [1.29, 1.82) is 0 Å². The Kier molecular flexibility index (Phi) is 4.24. The molecule has 136 valence electrons. The summed E-state index contributed by atoms with van der Waals surface area (Å²) in [6.45, 7) is 1.04. The molecule has 4 aromatic rings. The summed E-state index contributed by atoms with van der Waals surface area (Å²) >= 11 is 0. The number of aromatic nitrogens is 3. The summed E-state index contributed by atoms with van der Waals surface area (Å²) in [7, 11) is 1.91. The standard InChI is InChI=1S/C21H18FN3O2/c1-14-9-21(26)25(17-4-6-18(7-5-17)27-13-22)12-19(14)15-3-8-20-16(10-15)11-23-24(20)2/h3-12H,13H2,1-2H3. The Labute approximate surface area is 155 Å². The fourth-order valence-electron chi connectivity index (χ4n) is 3.23. The van der Waals surface area contributed by atoms with Gasteiger partial charge in [-0.3, -0.25) is 14.0 Å². The average Bonchev–Trinajstić information content (AvgIpc) is 3.03. The van der Waals surface area contributed by atoms with Gasteiger partial charge in [-0.15, -0.1) is 0 Å². The van der Waals surface area contributed by atoms with E-state index < -0.39 is 6.86 Å². The first-order valence-electron chi connectivity index (χ1n) is 8.51. The molecule has 0 radical (unpaired) electrons. The van der Waals surface area contributed by atoms with Crippen molar-refractivity contribution in [3.05, 3.63) is 76.8 Å². The summed E-state index contributed by atoms with van der Waals surface area (Å²) in [5, 5.41) is 5.32. The third kappa shape index (κ3) is 3.10. The Hall–Kier alpha value is -3.41. The predicted octanol–water partition coefficient (Wildman–Crippen LogP) is 4.01. The minimum Gasteiger partial charge on any atom is -0.463 e. The van der Waals surface area contributed by atoms with E-state index in [1.54, 1.807) is 34.9 Å². The molecule has 0 fully saturated rings. The number of aryl methyl sites for hydroxylation is 2. The zero-order valence-corrected chi connectivity index (χ0v) is 15.0. The number of benzene rings is 2. The highest BCUT2D eigenvalue weighted by atomic mass is 19.1. The van der Waals surface area contributed by atoms with Crippen LogP contribution in [0.1, 0.15) is 5.56 Å². The number of rotatable bonds is 4. The maximum atomic E-state index is 12.5. The zero-order valence-electron chi connectivity index (χ0n) is 15.0. The summed E-state index contributed by atoms with van der Waals surface area (Å²) in [4.78, 5) is 12.5. The van der Waals surface area contributed by atoms with Gasteiger partial charge in [0.05, 0.1) is 11.7 Å². The van der Waals surface area contributed by atoms with Crippen LogP contribution in [-0.2, 0) is 7.05 Å². The van der Waals surface area contributed by atoms with Crippen molar-refractivity contribution >= 4 is 10.9 Å². The Bertz CT molecular complexity index is 1180. The highest BCUT2D eigenvalue weighted by molar-refractivity contribution is 5.85. The van der Waals surface area contributed by atoms with Crippen LogP contribution in [0, 0.1) is 6.92 Å². The van der Waals surface area contributed by atoms with Crippen LogP contribution in [-0.4, -0.2) is 21.2 Å². The van der Waals surface area contributed by atoms with Crippen molar-refractivity contribution in [1.82, 2.24) is 14.3 Å². The third-order valence-electron chi connectivity index (χ3n) is 4.65. The van der Waals surface area contributed by atoms with E-state index in [0.717, 1.165) is 27.6 Å². The molecule has 0 spiro atoms. The van der Waals surface area contributed by atoms with Gasteiger partial charge < -0.3 is 4.74 Å². The van der Waals surface area contributed by atoms with Crippen LogP contribution < -0.4 is 10.3 Å². The third-order valence-corrected chi connectivity index (χ3v) is 4.65. The number of hydrogen-bond donors (Lipinski definition) is 0. The lowest BCUT2D eigenvalue weighted by Crippen LogP contribution is -2.17. The molecule has 0 saturated carbocycles. The summed E-state index contributed by atoms with van der Waals surface area (Å²) < 4.78 is 20.5. The van der Waals surface area contributed by atoms with Gasteiger partial charge in [0.2, 0.25) is 6.86 Å². The van der Waals surface area contributed by atoms with Gasteiger partial charge in [0, 0.05) is 35.9 Å². The molecule has 2 aromatic carbocycles. The molecule has 4 rings (SSSR count). The van der Waals surface area contributed by atoms with Gasteiger partial charge >= 0.3 is 0 Å². The quantitative estimate of drug-likeness (QED) is 0.551. The van der Waals surface area contributed by atoms with E-state index in [1.807, 2.05) is 43.2 Å². The van der Waals surface area contributed by atoms with Gasteiger partial charge in [-0.1, -0.05) is 6.07 Å². The molecule has 0 bridgehead atoms. The van der Waals surface area contributed by atoms with Crippen LogP contribution in [0.3, 0.4) is 0 Å². The van der Waals surface area contributed by atoms with Crippen LogP contribution in [0.2, 0.25) is 0 Å². The number of ether oxygens (including phenoxy) is 1. The summed E-state index contributed by atoms with van der Waals surface area (Å²) in [5.41, 5.74) is 4.49. The molecule has 0 N–H and O–H groups in total. The molecule has 0 unspecified atom stereocenters. The number of halogens is 1. The number of fused-ring (bicyclic) bond motifs is 1.